The van der Waals surface area contributed by atoms with Crippen molar-refractivity contribution >= 4 is 11.6 Å². The Labute approximate surface area is 151 Å². The van der Waals surface area contributed by atoms with Crippen LogP contribution in [0.1, 0.15) is 28.8 Å². The Morgan fingerprint density at radius 3 is 2.92 bits per heavy atom. The monoisotopic (exact) mass is 351 g/mol. The summed E-state index contributed by atoms with van der Waals surface area (Å²) < 4.78 is 1.60. The maximum atomic E-state index is 12.6. The number of rotatable bonds is 4. The standard InChI is InChI=1S/C19H21N5O2/c25-16-4-1-3-14(11-16)13-23-9-5-15(6-10-23)22-19(26)17-12-21-24-8-2-7-20-18(17)24/h1-4,7-8,11-12,15,25H,5-6,9-10,13H2,(H,22,26). The second kappa shape index (κ2) is 7.13. The Morgan fingerprint density at radius 1 is 1.27 bits per heavy atom. The average Bonchev–Trinajstić information content (AvgIpc) is 3.08. The minimum atomic E-state index is -0.120. The lowest BCUT2D eigenvalue weighted by Crippen LogP contribution is -2.44. The largest absolute Gasteiger partial charge is 0.508 e. The maximum absolute atomic E-state index is 12.6. The molecule has 0 bridgehead atoms. The van der Waals surface area contributed by atoms with E-state index in [1.807, 2.05) is 12.1 Å². The predicted molar refractivity (Wildman–Crippen MR) is 96.9 cm³/mol. The molecule has 0 unspecified atom stereocenters. The summed E-state index contributed by atoms with van der Waals surface area (Å²) in [5.74, 6) is 0.178. The topological polar surface area (TPSA) is 82.8 Å². The maximum Gasteiger partial charge on any atom is 0.256 e. The summed E-state index contributed by atoms with van der Waals surface area (Å²) in [7, 11) is 0. The van der Waals surface area contributed by atoms with Gasteiger partial charge in [-0.2, -0.15) is 5.10 Å². The molecule has 1 aliphatic rings. The van der Waals surface area contributed by atoms with Gasteiger partial charge in [-0.05, 0) is 36.6 Å². The highest BCUT2D eigenvalue weighted by Gasteiger charge is 2.23. The van der Waals surface area contributed by atoms with Crippen molar-refractivity contribution in [2.45, 2.75) is 25.4 Å². The number of nitrogens with zero attached hydrogens (tertiary/aromatic N) is 4. The van der Waals surface area contributed by atoms with Gasteiger partial charge in [-0.25, -0.2) is 9.50 Å². The lowest BCUT2D eigenvalue weighted by atomic mass is 10.0. The van der Waals surface area contributed by atoms with Crippen LogP contribution in [-0.4, -0.2) is 49.6 Å². The summed E-state index contributed by atoms with van der Waals surface area (Å²) in [5.41, 5.74) is 2.18. The van der Waals surface area contributed by atoms with Gasteiger partial charge in [-0.1, -0.05) is 12.1 Å². The fourth-order valence-electron chi connectivity index (χ4n) is 3.40. The summed E-state index contributed by atoms with van der Waals surface area (Å²) in [5, 5.41) is 16.8. The first-order valence-electron chi connectivity index (χ1n) is 8.78. The smallest absolute Gasteiger partial charge is 0.256 e. The molecule has 0 saturated carbocycles. The summed E-state index contributed by atoms with van der Waals surface area (Å²) in [6, 6.07) is 9.30. The van der Waals surface area contributed by atoms with Gasteiger partial charge in [0.05, 0.1) is 6.20 Å². The molecular weight excluding hydrogens is 330 g/mol. The lowest BCUT2D eigenvalue weighted by Gasteiger charge is -2.32. The van der Waals surface area contributed by atoms with E-state index in [4.69, 9.17) is 0 Å². The highest BCUT2D eigenvalue weighted by Crippen LogP contribution is 2.17. The third kappa shape index (κ3) is 3.52. The number of carbonyl (C=O) groups excluding carboxylic acids is 1. The number of likely N-dealkylation sites (tertiary alicyclic amines) is 1. The van der Waals surface area contributed by atoms with E-state index in [9.17, 15) is 9.90 Å². The summed E-state index contributed by atoms with van der Waals surface area (Å²) >= 11 is 0. The molecule has 0 spiro atoms. The van der Waals surface area contributed by atoms with Crippen molar-refractivity contribution in [3.63, 3.8) is 0 Å². The first kappa shape index (κ1) is 16.5. The number of amides is 1. The number of fused-ring (bicyclic) bond motifs is 1. The first-order chi connectivity index (χ1) is 12.7. The summed E-state index contributed by atoms with van der Waals surface area (Å²) in [4.78, 5) is 19.1. The van der Waals surface area contributed by atoms with E-state index < -0.39 is 0 Å². The molecule has 1 saturated heterocycles. The Bertz CT molecular complexity index is 915. The molecule has 3 heterocycles. The van der Waals surface area contributed by atoms with Crippen LogP contribution in [0.4, 0.5) is 0 Å². The Kier molecular flexibility index (Phi) is 4.53. The van der Waals surface area contributed by atoms with E-state index in [1.54, 1.807) is 41.3 Å². The zero-order valence-electron chi connectivity index (χ0n) is 14.4. The SMILES string of the molecule is O=C(NC1CCN(Cc2cccc(O)c2)CC1)c1cnn2cccnc12. The molecule has 2 aromatic heterocycles. The second-order valence-electron chi connectivity index (χ2n) is 6.64. The van der Waals surface area contributed by atoms with Crippen LogP contribution in [0, 0.1) is 0 Å². The number of nitrogens with one attached hydrogen (secondary N) is 1. The molecule has 1 amide bonds. The van der Waals surface area contributed by atoms with Gasteiger partial charge in [0.2, 0.25) is 0 Å². The number of hydrogen-bond acceptors (Lipinski definition) is 5. The average molecular weight is 351 g/mol. The quantitative estimate of drug-likeness (QED) is 0.749. The van der Waals surface area contributed by atoms with Crippen LogP contribution in [0.2, 0.25) is 0 Å². The van der Waals surface area contributed by atoms with Gasteiger partial charge in [0, 0.05) is 38.1 Å². The number of phenols is 1. The van der Waals surface area contributed by atoms with Gasteiger partial charge in [0.1, 0.15) is 11.3 Å². The lowest BCUT2D eigenvalue weighted by molar-refractivity contribution is 0.0910. The van der Waals surface area contributed by atoms with Crippen LogP contribution in [0.25, 0.3) is 5.65 Å². The number of aromatic nitrogens is 3. The molecular formula is C19H21N5O2. The molecule has 3 aromatic rings. The van der Waals surface area contributed by atoms with E-state index in [-0.39, 0.29) is 11.9 Å². The van der Waals surface area contributed by atoms with Crippen molar-refractivity contribution in [1.82, 2.24) is 24.8 Å². The van der Waals surface area contributed by atoms with Crippen molar-refractivity contribution in [1.29, 1.82) is 0 Å². The van der Waals surface area contributed by atoms with Crippen molar-refractivity contribution < 1.29 is 9.90 Å². The van der Waals surface area contributed by atoms with Crippen LogP contribution < -0.4 is 5.32 Å². The van der Waals surface area contributed by atoms with Crippen molar-refractivity contribution in [2.24, 2.45) is 0 Å². The number of benzene rings is 1. The van der Waals surface area contributed by atoms with Gasteiger partial charge in [0.15, 0.2) is 5.65 Å². The van der Waals surface area contributed by atoms with Gasteiger partial charge in [-0.15, -0.1) is 0 Å². The zero-order chi connectivity index (χ0) is 17.9. The van der Waals surface area contributed by atoms with Crippen LogP contribution >= 0.6 is 0 Å². The molecule has 1 aromatic carbocycles. The summed E-state index contributed by atoms with van der Waals surface area (Å²) in [6.45, 7) is 2.63. The van der Waals surface area contributed by atoms with Crippen LogP contribution in [0.5, 0.6) is 5.75 Å². The van der Waals surface area contributed by atoms with E-state index >= 15 is 0 Å². The number of aromatic hydroxyl groups is 1. The summed E-state index contributed by atoms with van der Waals surface area (Å²) in [6.07, 6.45) is 6.80. The fraction of sp³-hybridized carbons (Fsp3) is 0.316. The molecule has 0 atom stereocenters. The van der Waals surface area contributed by atoms with E-state index in [0.29, 0.717) is 17.0 Å². The minimum absolute atomic E-state index is 0.120. The highest BCUT2D eigenvalue weighted by molar-refractivity contribution is 5.99. The van der Waals surface area contributed by atoms with Gasteiger partial charge in [-0.3, -0.25) is 9.69 Å². The molecule has 134 valence electrons. The normalized spacial score (nSPS) is 16.0. The van der Waals surface area contributed by atoms with Crippen LogP contribution in [0.15, 0.2) is 48.9 Å². The highest BCUT2D eigenvalue weighted by atomic mass is 16.3. The predicted octanol–water partition coefficient (Wildman–Crippen LogP) is 1.83. The molecule has 4 rings (SSSR count). The van der Waals surface area contributed by atoms with Crippen LogP contribution in [0.3, 0.4) is 0 Å². The van der Waals surface area contributed by atoms with Crippen molar-refractivity contribution in [3.8, 4) is 5.75 Å². The Balaban J connectivity index is 1.33. The van der Waals surface area contributed by atoms with E-state index in [1.165, 1.54) is 0 Å². The zero-order valence-corrected chi connectivity index (χ0v) is 14.4. The molecule has 1 aliphatic heterocycles. The van der Waals surface area contributed by atoms with Crippen molar-refractivity contribution in [3.05, 3.63) is 60.0 Å². The van der Waals surface area contributed by atoms with Gasteiger partial charge >= 0.3 is 0 Å². The Morgan fingerprint density at radius 2 is 2.12 bits per heavy atom. The molecule has 1 fully saturated rings. The second-order valence-corrected chi connectivity index (χ2v) is 6.64. The number of phenolic OH excluding ortho intramolecular Hbond substituents is 1. The minimum Gasteiger partial charge on any atom is -0.508 e. The van der Waals surface area contributed by atoms with Gasteiger partial charge < -0.3 is 10.4 Å². The van der Waals surface area contributed by atoms with Gasteiger partial charge in [0.25, 0.3) is 5.91 Å². The molecule has 2 N–H and O–H groups in total. The first-order valence-corrected chi connectivity index (χ1v) is 8.78. The number of piperidine rings is 1. The van der Waals surface area contributed by atoms with Crippen molar-refractivity contribution in [2.75, 3.05) is 13.1 Å². The number of carbonyl (C=O) groups is 1. The molecule has 7 nitrogen and oxygen atoms in total. The Hall–Kier alpha value is -2.93. The number of hydrogen-bond donors (Lipinski definition) is 2. The molecule has 26 heavy (non-hydrogen) atoms. The molecule has 0 radical (unpaired) electrons. The third-order valence-electron chi connectivity index (χ3n) is 4.76. The molecule has 0 aliphatic carbocycles. The third-order valence-corrected chi connectivity index (χ3v) is 4.76. The fourth-order valence-corrected chi connectivity index (χ4v) is 3.40. The van der Waals surface area contributed by atoms with E-state index in [2.05, 4.69) is 20.3 Å². The van der Waals surface area contributed by atoms with E-state index in [0.717, 1.165) is 38.0 Å². The van der Waals surface area contributed by atoms with Crippen LogP contribution in [-0.2, 0) is 6.54 Å². The molecule has 7 heteroatoms.